The third-order valence-electron chi connectivity index (χ3n) is 2.77. The van der Waals surface area contributed by atoms with E-state index in [2.05, 4.69) is 15.3 Å². The molecule has 0 fully saturated rings. The Kier molecular flexibility index (Phi) is 3.94. The predicted octanol–water partition coefficient (Wildman–Crippen LogP) is 0.988. The molecule has 2 heterocycles. The van der Waals surface area contributed by atoms with Crippen molar-refractivity contribution in [2.45, 2.75) is 26.7 Å². The number of carboxylic acids is 1. The molecule has 102 valence electrons. The summed E-state index contributed by atoms with van der Waals surface area (Å²) in [5.74, 6) is 0.532. The van der Waals surface area contributed by atoms with Crippen LogP contribution < -0.4 is 4.90 Å². The van der Waals surface area contributed by atoms with Crippen molar-refractivity contribution in [3.63, 3.8) is 0 Å². The van der Waals surface area contributed by atoms with Gasteiger partial charge in [-0.3, -0.25) is 4.79 Å². The Bertz CT molecular complexity index is 581. The Balaban J connectivity index is 2.38. The summed E-state index contributed by atoms with van der Waals surface area (Å²) >= 11 is 0. The molecule has 0 aliphatic heterocycles. The first-order chi connectivity index (χ1) is 9.15. The Morgan fingerprint density at radius 3 is 2.79 bits per heavy atom. The second-order valence-corrected chi connectivity index (χ2v) is 4.25. The lowest BCUT2D eigenvalue weighted by Gasteiger charge is -2.20. The molecule has 2 aromatic heterocycles. The van der Waals surface area contributed by atoms with E-state index in [1.54, 1.807) is 21.5 Å². The number of aliphatic carboxylic acids is 1. The maximum absolute atomic E-state index is 10.9. The lowest BCUT2D eigenvalue weighted by Crippen LogP contribution is -2.31. The van der Waals surface area contributed by atoms with Gasteiger partial charge in [0.25, 0.3) is 0 Å². The van der Waals surface area contributed by atoms with E-state index in [1.165, 1.54) is 0 Å². The van der Waals surface area contributed by atoms with E-state index in [9.17, 15) is 4.79 Å². The number of aromatic nitrogens is 4. The number of hydrogen-bond donors (Lipinski definition) is 1. The third-order valence-corrected chi connectivity index (χ3v) is 2.77. The largest absolute Gasteiger partial charge is 0.480 e. The first-order valence-electron chi connectivity index (χ1n) is 6.33. The SMILES string of the molecule is CCCN(CC(=O)O)c1ccc2nnc(CC)n2n1. The minimum absolute atomic E-state index is 0.0596. The van der Waals surface area contributed by atoms with Crippen LogP contribution in [0.1, 0.15) is 26.1 Å². The molecule has 0 unspecified atom stereocenters. The van der Waals surface area contributed by atoms with E-state index in [0.717, 1.165) is 18.7 Å². The van der Waals surface area contributed by atoms with Gasteiger partial charge in [-0.15, -0.1) is 15.3 Å². The second kappa shape index (κ2) is 5.64. The average Bonchev–Trinajstić information content (AvgIpc) is 2.79. The lowest BCUT2D eigenvalue weighted by atomic mass is 10.3. The number of carbonyl (C=O) groups is 1. The van der Waals surface area contributed by atoms with Crippen molar-refractivity contribution >= 4 is 17.4 Å². The van der Waals surface area contributed by atoms with Gasteiger partial charge in [-0.1, -0.05) is 13.8 Å². The van der Waals surface area contributed by atoms with Crippen LogP contribution in [0.5, 0.6) is 0 Å². The van der Waals surface area contributed by atoms with Gasteiger partial charge in [0.05, 0.1) is 0 Å². The average molecular weight is 263 g/mol. The molecule has 0 atom stereocenters. The van der Waals surface area contributed by atoms with Crippen LogP contribution in [0.25, 0.3) is 5.65 Å². The van der Waals surface area contributed by atoms with E-state index in [1.807, 2.05) is 13.8 Å². The molecule has 0 bridgehead atoms. The molecule has 19 heavy (non-hydrogen) atoms. The van der Waals surface area contributed by atoms with E-state index in [-0.39, 0.29) is 6.54 Å². The molecule has 0 radical (unpaired) electrons. The highest BCUT2D eigenvalue weighted by atomic mass is 16.4. The minimum atomic E-state index is -0.866. The minimum Gasteiger partial charge on any atom is -0.480 e. The summed E-state index contributed by atoms with van der Waals surface area (Å²) in [6.45, 7) is 4.57. The van der Waals surface area contributed by atoms with Gasteiger partial charge in [-0.25, -0.2) is 0 Å². The molecule has 0 aromatic carbocycles. The molecule has 0 saturated carbocycles. The fourth-order valence-electron chi connectivity index (χ4n) is 1.92. The number of fused-ring (bicyclic) bond motifs is 1. The van der Waals surface area contributed by atoms with Crippen LogP contribution in [0, 0.1) is 0 Å². The summed E-state index contributed by atoms with van der Waals surface area (Å²) in [6.07, 6.45) is 1.58. The standard InChI is InChI=1S/C12H17N5O2/c1-3-7-16(8-12(18)19)11-6-5-10-14-13-9(4-2)17(10)15-11/h5-6H,3-4,7-8H2,1-2H3,(H,18,19). The summed E-state index contributed by atoms with van der Waals surface area (Å²) in [5, 5.41) is 21.4. The number of nitrogens with zero attached hydrogens (tertiary/aromatic N) is 5. The van der Waals surface area contributed by atoms with Gasteiger partial charge in [0.15, 0.2) is 11.5 Å². The van der Waals surface area contributed by atoms with Gasteiger partial charge in [0.2, 0.25) is 0 Å². The predicted molar refractivity (Wildman–Crippen MR) is 70.3 cm³/mol. The van der Waals surface area contributed by atoms with Crippen LogP contribution in [-0.4, -0.2) is 44.0 Å². The molecule has 0 amide bonds. The van der Waals surface area contributed by atoms with Crippen LogP contribution in [-0.2, 0) is 11.2 Å². The van der Waals surface area contributed by atoms with Crippen molar-refractivity contribution in [3.05, 3.63) is 18.0 Å². The number of rotatable bonds is 6. The van der Waals surface area contributed by atoms with Crippen molar-refractivity contribution in [3.8, 4) is 0 Å². The molecular formula is C12H17N5O2. The topological polar surface area (TPSA) is 83.6 Å². The van der Waals surface area contributed by atoms with Crippen molar-refractivity contribution in [1.29, 1.82) is 0 Å². The van der Waals surface area contributed by atoms with Crippen LogP contribution >= 0.6 is 0 Å². The molecule has 1 N–H and O–H groups in total. The molecule has 0 spiro atoms. The zero-order valence-corrected chi connectivity index (χ0v) is 11.1. The second-order valence-electron chi connectivity index (χ2n) is 4.25. The molecule has 0 saturated heterocycles. The summed E-state index contributed by atoms with van der Waals surface area (Å²) in [4.78, 5) is 12.6. The molecule has 0 aliphatic rings. The Labute approximate surface area is 110 Å². The first-order valence-corrected chi connectivity index (χ1v) is 6.33. The number of hydrogen-bond acceptors (Lipinski definition) is 5. The molecule has 7 heteroatoms. The van der Waals surface area contributed by atoms with E-state index in [0.29, 0.717) is 18.0 Å². The lowest BCUT2D eigenvalue weighted by molar-refractivity contribution is -0.135. The quantitative estimate of drug-likeness (QED) is 0.836. The van der Waals surface area contributed by atoms with Crippen LogP contribution in [0.2, 0.25) is 0 Å². The summed E-state index contributed by atoms with van der Waals surface area (Å²) in [6, 6.07) is 3.58. The highest BCUT2D eigenvalue weighted by Gasteiger charge is 2.13. The van der Waals surface area contributed by atoms with Gasteiger partial charge >= 0.3 is 5.97 Å². The molecule has 7 nitrogen and oxygen atoms in total. The Hall–Kier alpha value is -2.18. The van der Waals surface area contributed by atoms with Crippen LogP contribution in [0.4, 0.5) is 5.82 Å². The molecule has 0 aliphatic carbocycles. The molecular weight excluding hydrogens is 246 g/mol. The summed E-state index contributed by atoms with van der Waals surface area (Å²) in [7, 11) is 0. The van der Waals surface area contributed by atoms with Crippen molar-refractivity contribution in [2.24, 2.45) is 0 Å². The van der Waals surface area contributed by atoms with E-state index >= 15 is 0 Å². The fraction of sp³-hybridized carbons (Fsp3) is 0.500. The van der Waals surface area contributed by atoms with Crippen molar-refractivity contribution < 1.29 is 9.90 Å². The van der Waals surface area contributed by atoms with Gasteiger partial charge < -0.3 is 10.0 Å². The van der Waals surface area contributed by atoms with Crippen LogP contribution in [0.15, 0.2) is 12.1 Å². The maximum Gasteiger partial charge on any atom is 0.323 e. The van der Waals surface area contributed by atoms with Gasteiger partial charge in [0.1, 0.15) is 12.4 Å². The van der Waals surface area contributed by atoms with E-state index in [4.69, 9.17) is 5.11 Å². The highest BCUT2D eigenvalue weighted by molar-refractivity contribution is 5.73. The highest BCUT2D eigenvalue weighted by Crippen LogP contribution is 2.13. The smallest absolute Gasteiger partial charge is 0.323 e. The summed E-state index contributed by atoms with van der Waals surface area (Å²) < 4.78 is 1.67. The fourth-order valence-corrected chi connectivity index (χ4v) is 1.92. The van der Waals surface area contributed by atoms with Gasteiger partial charge in [-0.2, -0.15) is 4.52 Å². The Morgan fingerprint density at radius 2 is 2.16 bits per heavy atom. The first kappa shape index (κ1) is 13.3. The van der Waals surface area contributed by atoms with Crippen molar-refractivity contribution in [2.75, 3.05) is 18.0 Å². The zero-order valence-electron chi connectivity index (χ0n) is 11.1. The van der Waals surface area contributed by atoms with E-state index < -0.39 is 5.97 Å². The van der Waals surface area contributed by atoms with Crippen molar-refractivity contribution in [1.82, 2.24) is 19.8 Å². The maximum atomic E-state index is 10.9. The Morgan fingerprint density at radius 1 is 1.37 bits per heavy atom. The monoisotopic (exact) mass is 263 g/mol. The number of aryl methyl sites for hydroxylation is 1. The van der Waals surface area contributed by atoms with Crippen LogP contribution in [0.3, 0.4) is 0 Å². The molecule has 2 rings (SSSR count). The third kappa shape index (κ3) is 2.81. The number of carboxylic acid groups (broad SMARTS) is 1. The molecule has 2 aromatic rings. The number of anilines is 1. The normalized spacial score (nSPS) is 10.8. The zero-order chi connectivity index (χ0) is 13.8. The summed E-state index contributed by atoms with van der Waals surface area (Å²) in [5.41, 5.74) is 0.673. The van der Waals surface area contributed by atoms with Gasteiger partial charge in [-0.05, 0) is 18.6 Å². The van der Waals surface area contributed by atoms with Gasteiger partial charge in [0, 0.05) is 13.0 Å².